The van der Waals surface area contributed by atoms with Crippen molar-refractivity contribution in [3.8, 4) is 5.69 Å². The minimum atomic E-state index is -3.26. The number of carbonyl (C=O) groups is 1. The minimum Gasteiger partial charge on any atom is -0.378 e. The summed E-state index contributed by atoms with van der Waals surface area (Å²) < 4.78 is 24.7. The Bertz CT molecular complexity index is 1120. The fraction of sp³-hybridized carbons (Fsp3) is 0.263. The third-order valence-electron chi connectivity index (χ3n) is 4.59. The molecule has 1 aliphatic carbocycles. The van der Waals surface area contributed by atoms with Crippen LogP contribution in [0.5, 0.6) is 0 Å². The highest BCUT2D eigenvalue weighted by atomic mass is 32.2. The summed E-state index contributed by atoms with van der Waals surface area (Å²) in [6, 6.07) is 13.8. The van der Waals surface area contributed by atoms with Gasteiger partial charge in [0.1, 0.15) is 0 Å². The van der Waals surface area contributed by atoms with E-state index >= 15 is 0 Å². The van der Waals surface area contributed by atoms with Crippen molar-refractivity contribution in [1.29, 1.82) is 0 Å². The molecule has 150 valence electrons. The van der Waals surface area contributed by atoms with Crippen molar-refractivity contribution in [2.45, 2.75) is 24.3 Å². The molecule has 1 aliphatic rings. The largest absolute Gasteiger partial charge is 0.378 e. The lowest BCUT2D eigenvalue weighted by Crippen LogP contribution is -2.13. The Labute approximate surface area is 168 Å². The van der Waals surface area contributed by atoms with Gasteiger partial charge in [0.05, 0.1) is 17.1 Å². The maximum atomic E-state index is 11.8. The fourth-order valence-electron chi connectivity index (χ4n) is 2.79. The molecule has 0 spiro atoms. The van der Waals surface area contributed by atoms with Crippen LogP contribution in [-0.2, 0) is 21.2 Å². The third-order valence-corrected chi connectivity index (χ3v) is 5.72. The molecule has 0 saturated heterocycles. The Morgan fingerprint density at radius 2 is 1.72 bits per heavy atom. The highest BCUT2D eigenvalue weighted by Gasteiger charge is 2.29. The molecule has 3 aromatic rings. The first-order valence-corrected chi connectivity index (χ1v) is 11.0. The number of tetrazole rings is 1. The Morgan fingerprint density at radius 3 is 2.34 bits per heavy atom. The van der Waals surface area contributed by atoms with Crippen LogP contribution in [0.4, 0.5) is 11.4 Å². The number of benzene rings is 2. The molecule has 2 N–H and O–H groups in total. The van der Waals surface area contributed by atoms with Gasteiger partial charge in [0.15, 0.2) is 15.7 Å². The molecule has 9 nitrogen and oxygen atoms in total. The quantitative estimate of drug-likeness (QED) is 0.609. The Balaban J connectivity index is 1.41. The second-order valence-corrected chi connectivity index (χ2v) is 8.98. The molecule has 1 saturated carbocycles. The molecule has 10 heteroatoms. The van der Waals surface area contributed by atoms with Crippen LogP contribution in [-0.4, -0.2) is 40.8 Å². The predicted molar refractivity (Wildman–Crippen MR) is 107 cm³/mol. The molecular formula is C19H20N6O3S. The van der Waals surface area contributed by atoms with E-state index in [1.54, 1.807) is 16.8 Å². The normalized spacial score (nSPS) is 13.8. The molecule has 2 aromatic carbocycles. The van der Waals surface area contributed by atoms with E-state index in [9.17, 15) is 13.2 Å². The Kier molecular flexibility index (Phi) is 5.01. The topological polar surface area (TPSA) is 119 Å². The van der Waals surface area contributed by atoms with Gasteiger partial charge >= 0.3 is 0 Å². The Morgan fingerprint density at radius 1 is 1.07 bits per heavy atom. The van der Waals surface area contributed by atoms with E-state index in [-0.39, 0.29) is 16.7 Å². The van der Waals surface area contributed by atoms with Crippen LogP contribution in [0.25, 0.3) is 5.69 Å². The average molecular weight is 412 g/mol. The van der Waals surface area contributed by atoms with Crippen LogP contribution in [0, 0.1) is 5.92 Å². The zero-order chi connectivity index (χ0) is 20.4. The maximum absolute atomic E-state index is 11.8. The van der Waals surface area contributed by atoms with Crippen molar-refractivity contribution < 1.29 is 13.2 Å². The second kappa shape index (κ2) is 7.63. The van der Waals surface area contributed by atoms with Crippen molar-refractivity contribution in [2.24, 2.45) is 5.92 Å². The first-order chi connectivity index (χ1) is 13.9. The van der Waals surface area contributed by atoms with Crippen molar-refractivity contribution >= 4 is 27.1 Å². The highest BCUT2D eigenvalue weighted by molar-refractivity contribution is 7.90. The predicted octanol–water partition coefficient (Wildman–Crippen LogP) is 2.03. The number of hydrogen-bond acceptors (Lipinski definition) is 7. The van der Waals surface area contributed by atoms with Crippen molar-refractivity contribution in [3.05, 3.63) is 54.4 Å². The molecule has 1 amide bonds. The van der Waals surface area contributed by atoms with Crippen molar-refractivity contribution in [1.82, 2.24) is 20.2 Å². The van der Waals surface area contributed by atoms with Gasteiger partial charge in [-0.3, -0.25) is 4.79 Å². The van der Waals surface area contributed by atoms with Gasteiger partial charge in [0.2, 0.25) is 5.91 Å². The molecule has 0 bridgehead atoms. The van der Waals surface area contributed by atoms with Gasteiger partial charge in [0.25, 0.3) is 0 Å². The first kappa shape index (κ1) is 19.1. The molecule has 0 radical (unpaired) electrons. The second-order valence-electron chi connectivity index (χ2n) is 6.97. The zero-order valence-corrected chi connectivity index (χ0v) is 16.6. The smallest absolute Gasteiger partial charge is 0.227 e. The maximum Gasteiger partial charge on any atom is 0.227 e. The summed E-state index contributed by atoms with van der Waals surface area (Å²) in [6.07, 6.45) is 3.10. The number of hydrogen-bond donors (Lipinski definition) is 2. The number of rotatable bonds is 7. The number of aromatic nitrogens is 4. The van der Waals surface area contributed by atoms with E-state index in [0.717, 1.165) is 30.5 Å². The summed E-state index contributed by atoms with van der Waals surface area (Å²) in [5.74, 6) is 0.813. The number of nitrogens with zero attached hydrogens (tertiary/aromatic N) is 4. The number of nitrogens with one attached hydrogen (secondary N) is 2. The van der Waals surface area contributed by atoms with E-state index < -0.39 is 9.84 Å². The van der Waals surface area contributed by atoms with Gasteiger partial charge in [-0.15, -0.1) is 5.10 Å². The molecule has 4 rings (SSSR count). The van der Waals surface area contributed by atoms with Crippen LogP contribution in [0.1, 0.15) is 18.7 Å². The summed E-state index contributed by atoms with van der Waals surface area (Å²) in [4.78, 5) is 12.0. The van der Waals surface area contributed by atoms with Gasteiger partial charge in [-0.05, 0) is 71.8 Å². The summed E-state index contributed by atoms with van der Waals surface area (Å²) in [7, 11) is -3.26. The van der Waals surface area contributed by atoms with E-state index in [2.05, 4.69) is 26.2 Å². The van der Waals surface area contributed by atoms with Gasteiger partial charge in [-0.1, -0.05) is 0 Å². The molecule has 1 aromatic heterocycles. The summed E-state index contributed by atoms with van der Waals surface area (Å²) >= 11 is 0. The molecule has 0 atom stereocenters. The van der Waals surface area contributed by atoms with Crippen LogP contribution in [0.3, 0.4) is 0 Å². The van der Waals surface area contributed by atoms with Gasteiger partial charge in [0, 0.05) is 23.5 Å². The van der Waals surface area contributed by atoms with Gasteiger partial charge in [-0.2, -0.15) is 4.68 Å². The summed E-state index contributed by atoms with van der Waals surface area (Å²) in [6.45, 7) is 0.370. The molecule has 29 heavy (non-hydrogen) atoms. The lowest BCUT2D eigenvalue weighted by molar-refractivity contribution is -0.117. The van der Waals surface area contributed by atoms with Crippen LogP contribution < -0.4 is 10.6 Å². The van der Waals surface area contributed by atoms with E-state index in [1.807, 2.05) is 24.3 Å². The SMILES string of the molecule is CS(=O)(=O)c1ccc(-n2nnnc2CNc2ccc(NC(=O)C3CC3)cc2)cc1. The first-order valence-electron chi connectivity index (χ1n) is 9.13. The Hall–Kier alpha value is -3.27. The number of carbonyl (C=O) groups excluding carboxylic acids is 1. The standard InChI is InChI=1S/C19H20N6O3S/c1-29(27,28)17-10-8-16(9-11-17)25-18(22-23-24-25)12-20-14-4-6-15(7-5-14)21-19(26)13-2-3-13/h4-11,13,20H,2-3,12H2,1H3,(H,21,26). The molecule has 1 heterocycles. The molecular weight excluding hydrogens is 392 g/mol. The lowest BCUT2D eigenvalue weighted by Gasteiger charge is -2.09. The van der Waals surface area contributed by atoms with Crippen LogP contribution in [0.15, 0.2) is 53.4 Å². The lowest BCUT2D eigenvalue weighted by atomic mass is 10.2. The van der Waals surface area contributed by atoms with E-state index in [1.165, 1.54) is 12.1 Å². The van der Waals surface area contributed by atoms with E-state index in [0.29, 0.717) is 18.1 Å². The summed E-state index contributed by atoms with van der Waals surface area (Å²) in [5.41, 5.74) is 2.29. The average Bonchev–Trinajstić information content (AvgIpc) is 3.45. The highest BCUT2D eigenvalue weighted by Crippen LogP contribution is 2.30. The number of anilines is 2. The third kappa shape index (κ3) is 4.60. The molecule has 0 unspecified atom stereocenters. The number of amides is 1. The van der Waals surface area contributed by atoms with Crippen LogP contribution >= 0.6 is 0 Å². The van der Waals surface area contributed by atoms with Crippen molar-refractivity contribution in [3.63, 3.8) is 0 Å². The van der Waals surface area contributed by atoms with Crippen molar-refractivity contribution in [2.75, 3.05) is 16.9 Å². The monoisotopic (exact) mass is 412 g/mol. The fourth-order valence-corrected chi connectivity index (χ4v) is 3.42. The molecule has 1 fully saturated rings. The van der Waals surface area contributed by atoms with Gasteiger partial charge < -0.3 is 10.6 Å². The number of sulfone groups is 1. The van der Waals surface area contributed by atoms with Gasteiger partial charge in [-0.25, -0.2) is 8.42 Å². The zero-order valence-electron chi connectivity index (χ0n) is 15.7. The summed E-state index contributed by atoms with van der Waals surface area (Å²) in [5, 5.41) is 17.8. The van der Waals surface area contributed by atoms with Crippen LogP contribution in [0.2, 0.25) is 0 Å². The van der Waals surface area contributed by atoms with E-state index in [4.69, 9.17) is 0 Å². The molecule has 0 aliphatic heterocycles. The minimum absolute atomic E-state index is 0.0757.